The van der Waals surface area contributed by atoms with Gasteiger partial charge in [-0.05, 0) is 42.5 Å². The molecule has 0 spiro atoms. The molecule has 0 bridgehead atoms. The molecule has 2 aromatic carbocycles. The molecular weight excluding hydrogens is 413 g/mol. The van der Waals surface area contributed by atoms with Gasteiger partial charge in [0.05, 0.1) is 7.11 Å². The normalized spacial score (nSPS) is 10.8. The monoisotopic (exact) mass is 428 g/mol. The van der Waals surface area contributed by atoms with E-state index in [0.717, 1.165) is 12.1 Å². The Kier molecular flexibility index (Phi) is 5.44. The molecule has 7 nitrogen and oxygen atoms in total. The second kappa shape index (κ2) is 8.34. The molecule has 0 aliphatic heterocycles. The third kappa shape index (κ3) is 4.42. The Morgan fingerprint density at radius 2 is 1.90 bits per heavy atom. The van der Waals surface area contributed by atoms with Crippen LogP contribution in [0.1, 0.15) is 0 Å². The standard InChI is InChI=1S/C21H15F3N4O3/c1-30-18-5-4-12(7-16(18)24)20-26-21(31-27-20)17-3-2-6-28(17)11-19(29)25-15-9-13(22)8-14(23)10-15/h2-10H,11H2,1H3,(H,25,29). The molecule has 2 aromatic heterocycles. The summed E-state index contributed by atoms with van der Waals surface area (Å²) in [6, 6.07) is 10.3. The number of aromatic nitrogens is 3. The summed E-state index contributed by atoms with van der Waals surface area (Å²) in [5.41, 5.74) is 0.823. The minimum absolute atomic E-state index is 0.00202. The van der Waals surface area contributed by atoms with Gasteiger partial charge in [-0.25, -0.2) is 13.2 Å². The number of hydrogen-bond acceptors (Lipinski definition) is 5. The maximum Gasteiger partial charge on any atom is 0.274 e. The number of ether oxygens (including phenoxy) is 1. The van der Waals surface area contributed by atoms with Crippen LogP contribution in [0.3, 0.4) is 0 Å². The number of rotatable bonds is 6. The van der Waals surface area contributed by atoms with Gasteiger partial charge in [-0.2, -0.15) is 4.98 Å². The number of hydrogen-bond donors (Lipinski definition) is 1. The van der Waals surface area contributed by atoms with Gasteiger partial charge >= 0.3 is 0 Å². The summed E-state index contributed by atoms with van der Waals surface area (Å²) >= 11 is 0. The first-order valence-corrected chi connectivity index (χ1v) is 9.02. The minimum Gasteiger partial charge on any atom is -0.494 e. The van der Waals surface area contributed by atoms with Crippen LogP contribution in [0.25, 0.3) is 23.0 Å². The Balaban J connectivity index is 1.52. The van der Waals surface area contributed by atoms with Crippen molar-refractivity contribution in [3.05, 3.63) is 72.2 Å². The summed E-state index contributed by atoms with van der Waals surface area (Å²) in [6.45, 7) is -0.171. The number of nitrogens with one attached hydrogen (secondary N) is 1. The molecule has 4 aromatic rings. The first-order valence-electron chi connectivity index (χ1n) is 9.02. The highest BCUT2D eigenvalue weighted by Crippen LogP contribution is 2.26. The minimum atomic E-state index is -0.801. The number of amides is 1. The number of methoxy groups -OCH3 is 1. The van der Waals surface area contributed by atoms with E-state index in [1.807, 2.05) is 0 Å². The molecule has 0 unspecified atom stereocenters. The van der Waals surface area contributed by atoms with Crippen LogP contribution >= 0.6 is 0 Å². The molecule has 10 heteroatoms. The van der Waals surface area contributed by atoms with E-state index in [2.05, 4.69) is 15.5 Å². The van der Waals surface area contributed by atoms with Crippen molar-refractivity contribution in [1.29, 1.82) is 0 Å². The van der Waals surface area contributed by atoms with E-state index < -0.39 is 23.4 Å². The van der Waals surface area contributed by atoms with E-state index >= 15 is 0 Å². The number of carbonyl (C=O) groups is 1. The van der Waals surface area contributed by atoms with Gasteiger partial charge in [0.15, 0.2) is 11.6 Å². The Morgan fingerprint density at radius 3 is 2.61 bits per heavy atom. The highest BCUT2D eigenvalue weighted by Gasteiger charge is 2.17. The number of anilines is 1. The largest absolute Gasteiger partial charge is 0.494 e. The zero-order valence-corrected chi connectivity index (χ0v) is 16.1. The van der Waals surface area contributed by atoms with Gasteiger partial charge in [0, 0.05) is 23.5 Å². The average molecular weight is 428 g/mol. The number of carbonyl (C=O) groups excluding carboxylic acids is 1. The van der Waals surface area contributed by atoms with Crippen molar-refractivity contribution in [3.63, 3.8) is 0 Å². The van der Waals surface area contributed by atoms with Crippen molar-refractivity contribution >= 4 is 11.6 Å². The number of nitrogens with zero attached hydrogens (tertiary/aromatic N) is 3. The molecule has 1 amide bonds. The van der Waals surface area contributed by atoms with Crippen LogP contribution in [-0.2, 0) is 11.3 Å². The Hall–Kier alpha value is -4.08. The van der Waals surface area contributed by atoms with Crippen LogP contribution in [0.5, 0.6) is 5.75 Å². The molecule has 0 atom stereocenters. The lowest BCUT2D eigenvalue weighted by atomic mass is 10.2. The van der Waals surface area contributed by atoms with Gasteiger partial charge in [-0.1, -0.05) is 5.16 Å². The van der Waals surface area contributed by atoms with E-state index in [1.54, 1.807) is 24.4 Å². The lowest BCUT2D eigenvalue weighted by molar-refractivity contribution is -0.116. The van der Waals surface area contributed by atoms with Gasteiger partial charge in [0.1, 0.15) is 23.9 Å². The molecule has 0 aliphatic rings. The first-order chi connectivity index (χ1) is 14.9. The second-order valence-electron chi connectivity index (χ2n) is 6.50. The van der Waals surface area contributed by atoms with Crippen LogP contribution in [0.15, 0.2) is 59.3 Å². The van der Waals surface area contributed by atoms with Gasteiger partial charge in [0.2, 0.25) is 11.7 Å². The van der Waals surface area contributed by atoms with Crippen molar-refractivity contribution < 1.29 is 27.2 Å². The Morgan fingerprint density at radius 1 is 1.13 bits per heavy atom. The third-order valence-electron chi connectivity index (χ3n) is 4.34. The van der Waals surface area contributed by atoms with Crippen LogP contribution in [0.4, 0.5) is 18.9 Å². The summed E-state index contributed by atoms with van der Waals surface area (Å²) in [5.74, 6) is -2.33. The van der Waals surface area contributed by atoms with Crippen molar-refractivity contribution in [2.45, 2.75) is 6.54 Å². The first kappa shape index (κ1) is 20.2. The van der Waals surface area contributed by atoms with Crippen LogP contribution < -0.4 is 10.1 Å². The molecule has 4 rings (SSSR count). The molecule has 0 saturated carbocycles. The number of benzene rings is 2. The Bertz CT molecular complexity index is 1230. The number of halogens is 3. The molecule has 2 heterocycles. The lowest BCUT2D eigenvalue weighted by Gasteiger charge is -2.08. The predicted octanol–water partition coefficient (Wildman–Crippen LogP) is 4.27. The van der Waals surface area contributed by atoms with Gasteiger partial charge in [-0.15, -0.1) is 0 Å². The lowest BCUT2D eigenvalue weighted by Crippen LogP contribution is -2.19. The van der Waals surface area contributed by atoms with E-state index in [-0.39, 0.29) is 29.7 Å². The van der Waals surface area contributed by atoms with Gasteiger partial charge < -0.3 is 19.1 Å². The molecule has 0 radical (unpaired) electrons. The average Bonchev–Trinajstić information content (AvgIpc) is 3.36. The topological polar surface area (TPSA) is 82.2 Å². The predicted molar refractivity (Wildman–Crippen MR) is 105 cm³/mol. The third-order valence-corrected chi connectivity index (χ3v) is 4.34. The quantitative estimate of drug-likeness (QED) is 0.496. The fraction of sp³-hybridized carbons (Fsp3) is 0.0952. The zero-order chi connectivity index (χ0) is 22.0. The molecule has 1 N–H and O–H groups in total. The maximum atomic E-state index is 13.9. The van der Waals surface area contributed by atoms with Crippen molar-refractivity contribution in [1.82, 2.24) is 14.7 Å². The van der Waals surface area contributed by atoms with E-state index in [4.69, 9.17) is 9.26 Å². The van der Waals surface area contributed by atoms with E-state index in [0.29, 0.717) is 17.3 Å². The summed E-state index contributed by atoms with van der Waals surface area (Å²) in [7, 11) is 1.36. The van der Waals surface area contributed by atoms with Crippen molar-refractivity contribution in [2.75, 3.05) is 12.4 Å². The molecule has 31 heavy (non-hydrogen) atoms. The molecule has 0 aliphatic carbocycles. The smallest absolute Gasteiger partial charge is 0.274 e. The molecule has 158 valence electrons. The van der Waals surface area contributed by atoms with Crippen LogP contribution in [-0.4, -0.2) is 27.7 Å². The van der Waals surface area contributed by atoms with Crippen molar-refractivity contribution in [2.24, 2.45) is 0 Å². The van der Waals surface area contributed by atoms with Crippen LogP contribution in [0, 0.1) is 17.5 Å². The Labute approximate surface area is 174 Å². The second-order valence-corrected chi connectivity index (χ2v) is 6.50. The highest BCUT2D eigenvalue weighted by molar-refractivity contribution is 5.90. The summed E-state index contributed by atoms with van der Waals surface area (Å²) < 4.78 is 52.2. The van der Waals surface area contributed by atoms with Gasteiger partial charge in [0.25, 0.3) is 5.89 Å². The van der Waals surface area contributed by atoms with Crippen LogP contribution in [0.2, 0.25) is 0 Å². The fourth-order valence-corrected chi connectivity index (χ4v) is 2.98. The summed E-state index contributed by atoms with van der Waals surface area (Å²) in [5, 5.41) is 6.28. The van der Waals surface area contributed by atoms with Crippen molar-refractivity contribution in [3.8, 4) is 28.7 Å². The van der Waals surface area contributed by atoms with E-state index in [1.165, 1.54) is 23.8 Å². The summed E-state index contributed by atoms with van der Waals surface area (Å²) in [4.78, 5) is 16.6. The fourth-order valence-electron chi connectivity index (χ4n) is 2.98. The molecule has 0 fully saturated rings. The summed E-state index contributed by atoms with van der Waals surface area (Å²) in [6.07, 6.45) is 1.61. The molecular formula is C21H15F3N4O3. The zero-order valence-electron chi connectivity index (χ0n) is 16.1. The molecule has 0 saturated heterocycles. The maximum absolute atomic E-state index is 13.9. The SMILES string of the molecule is COc1ccc(-c2noc(-c3cccn3CC(=O)Nc3cc(F)cc(F)c3)n2)cc1F. The highest BCUT2D eigenvalue weighted by atomic mass is 19.1. The van der Waals surface area contributed by atoms with E-state index in [9.17, 15) is 18.0 Å². The van der Waals surface area contributed by atoms with Gasteiger partial charge in [-0.3, -0.25) is 4.79 Å².